The molecule has 1 heterocycles. The monoisotopic (exact) mass is 354 g/mol. The highest BCUT2D eigenvalue weighted by molar-refractivity contribution is 9.10. The highest BCUT2D eigenvalue weighted by Crippen LogP contribution is 2.36. The van der Waals surface area contributed by atoms with Gasteiger partial charge in [0.2, 0.25) is 0 Å². The molecule has 1 aromatic heterocycles. The predicted octanol–water partition coefficient (Wildman–Crippen LogP) is 5.09. The molecule has 0 aliphatic rings. The number of hydrogen-bond donors (Lipinski definition) is 1. The van der Waals surface area contributed by atoms with Crippen LogP contribution in [0.3, 0.4) is 0 Å². The second-order valence-electron chi connectivity index (χ2n) is 3.88. The van der Waals surface area contributed by atoms with Gasteiger partial charge >= 0.3 is 0 Å². The van der Waals surface area contributed by atoms with E-state index in [4.69, 9.17) is 22.1 Å². The summed E-state index contributed by atoms with van der Waals surface area (Å²) in [6, 6.07) is 10.9. The van der Waals surface area contributed by atoms with Crippen molar-refractivity contribution in [3.8, 4) is 10.9 Å². The average Bonchev–Trinajstić information content (AvgIpc) is 2.74. The summed E-state index contributed by atoms with van der Waals surface area (Å²) in [5.74, 6) is 0.677. The van der Waals surface area contributed by atoms with Gasteiger partial charge in [-0.15, -0.1) is 0 Å². The van der Waals surface area contributed by atoms with Crippen LogP contribution in [-0.2, 0) is 0 Å². The minimum atomic E-state index is 0.573. The highest BCUT2D eigenvalue weighted by Gasteiger charge is 2.08. The molecule has 0 fully saturated rings. The smallest absolute Gasteiger partial charge is 0.279 e. The fraction of sp³-hybridized carbons (Fsp3) is 0. The van der Waals surface area contributed by atoms with Crippen LogP contribution in [0.15, 0.2) is 40.9 Å². The van der Waals surface area contributed by atoms with E-state index in [9.17, 15) is 0 Å². The predicted molar refractivity (Wildman–Crippen MR) is 83.3 cm³/mol. The van der Waals surface area contributed by atoms with Crippen LogP contribution in [0.1, 0.15) is 0 Å². The number of fused-ring (bicyclic) bond motifs is 1. The minimum absolute atomic E-state index is 0.573. The summed E-state index contributed by atoms with van der Waals surface area (Å²) in [5, 5.41) is 1.22. The number of rotatable bonds is 2. The molecular formula is C13H8BrClN2OS. The fourth-order valence-electron chi connectivity index (χ4n) is 1.62. The first-order valence-electron chi connectivity index (χ1n) is 5.41. The Morgan fingerprint density at radius 1 is 1.21 bits per heavy atom. The maximum atomic E-state index is 5.89. The van der Waals surface area contributed by atoms with E-state index in [1.54, 1.807) is 18.2 Å². The van der Waals surface area contributed by atoms with Crippen molar-refractivity contribution in [2.24, 2.45) is 0 Å². The number of nitrogens with two attached hydrogens (primary N) is 1. The van der Waals surface area contributed by atoms with Crippen LogP contribution in [0.25, 0.3) is 10.2 Å². The number of nitrogen functional groups attached to an aromatic ring is 1. The second-order valence-corrected chi connectivity index (χ2v) is 6.17. The van der Waals surface area contributed by atoms with Crippen molar-refractivity contribution in [1.29, 1.82) is 0 Å². The molecule has 19 heavy (non-hydrogen) atoms. The van der Waals surface area contributed by atoms with Gasteiger partial charge in [0, 0.05) is 10.7 Å². The van der Waals surface area contributed by atoms with Crippen LogP contribution < -0.4 is 10.5 Å². The van der Waals surface area contributed by atoms with Crippen molar-refractivity contribution >= 4 is 54.8 Å². The van der Waals surface area contributed by atoms with E-state index < -0.39 is 0 Å². The lowest BCUT2D eigenvalue weighted by Gasteiger charge is -2.03. The minimum Gasteiger partial charge on any atom is -0.430 e. The lowest BCUT2D eigenvalue weighted by atomic mass is 10.3. The number of aromatic nitrogens is 1. The zero-order chi connectivity index (χ0) is 13.4. The molecule has 0 bridgehead atoms. The van der Waals surface area contributed by atoms with E-state index in [0.29, 0.717) is 16.0 Å². The molecule has 2 aromatic carbocycles. The average molecular weight is 356 g/mol. The van der Waals surface area contributed by atoms with Crippen molar-refractivity contribution in [1.82, 2.24) is 4.98 Å². The summed E-state index contributed by atoms with van der Waals surface area (Å²) >= 11 is 10.7. The third-order valence-electron chi connectivity index (χ3n) is 2.48. The van der Waals surface area contributed by atoms with E-state index in [1.165, 1.54) is 11.3 Å². The van der Waals surface area contributed by atoms with Crippen LogP contribution in [0.4, 0.5) is 5.69 Å². The molecule has 96 valence electrons. The molecule has 0 amide bonds. The molecule has 0 aliphatic carbocycles. The molecule has 0 aliphatic heterocycles. The Kier molecular flexibility index (Phi) is 3.35. The number of anilines is 1. The highest BCUT2D eigenvalue weighted by atomic mass is 79.9. The Balaban J connectivity index is 1.96. The molecule has 3 aromatic rings. The third-order valence-corrected chi connectivity index (χ3v) is 4.24. The molecule has 2 N–H and O–H groups in total. The topological polar surface area (TPSA) is 48.1 Å². The van der Waals surface area contributed by atoms with Crippen LogP contribution >= 0.6 is 38.9 Å². The molecule has 0 saturated heterocycles. The lowest BCUT2D eigenvalue weighted by Crippen LogP contribution is -1.84. The summed E-state index contributed by atoms with van der Waals surface area (Å²) < 4.78 is 7.54. The SMILES string of the molecule is Nc1ccc2nc(Oc3ccc(Cl)cc3Br)sc2c1. The summed E-state index contributed by atoms with van der Waals surface area (Å²) in [6.07, 6.45) is 0. The summed E-state index contributed by atoms with van der Waals surface area (Å²) in [4.78, 5) is 4.40. The van der Waals surface area contributed by atoms with Gasteiger partial charge < -0.3 is 10.5 Å². The summed E-state index contributed by atoms with van der Waals surface area (Å²) in [7, 11) is 0. The zero-order valence-electron chi connectivity index (χ0n) is 9.56. The van der Waals surface area contributed by atoms with Crippen molar-refractivity contribution < 1.29 is 4.74 Å². The number of benzene rings is 2. The van der Waals surface area contributed by atoms with Crippen LogP contribution in [-0.4, -0.2) is 4.98 Å². The van der Waals surface area contributed by atoms with E-state index in [-0.39, 0.29) is 0 Å². The van der Waals surface area contributed by atoms with Crippen LogP contribution in [0.2, 0.25) is 5.02 Å². The first kappa shape index (κ1) is 12.7. The zero-order valence-corrected chi connectivity index (χ0v) is 12.7. The Labute approximate surface area is 127 Å². The first-order chi connectivity index (χ1) is 9.11. The Hall–Kier alpha value is -1.30. The molecule has 0 saturated carbocycles. The Morgan fingerprint density at radius 2 is 2.05 bits per heavy atom. The number of ether oxygens (including phenoxy) is 1. The van der Waals surface area contributed by atoms with Crippen molar-refractivity contribution in [2.45, 2.75) is 0 Å². The van der Waals surface area contributed by atoms with E-state index >= 15 is 0 Å². The Morgan fingerprint density at radius 3 is 2.84 bits per heavy atom. The van der Waals surface area contributed by atoms with Gasteiger partial charge in [-0.05, 0) is 52.3 Å². The fourth-order valence-corrected chi connectivity index (χ4v) is 3.26. The van der Waals surface area contributed by atoms with Crippen molar-refractivity contribution in [3.05, 3.63) is 45.9 Å². The van der Waals surface area contributed by atoms with Gasteiger partial charge in [-0.3, -0.25) is 0 Å². The van der Waals surface area contributed by atoms with Crippen molar-refractivity contribution in [3.63, 3.8) is 0 Å². The van der Waals surface area contributed by atoms with Crippen molar-refractivity contribution in [2.75, 3.05) is 5.73 Å². The molecular weight excluding hydrogens is 348 g/mol. The van der Waals surface area contributed by atoms with Gasteiger partial charge in [0.25, 0.3) is 5.19 Å². The van der Waals surface area contributed by atoms with Gasteiger partial charge in [-0.2, -0.15) is 0 Å². The Bertz CT molecular complexity index is 759. The standard InChI is InChI=1S/C13H8BrClN2OS/c14-9-5-7(15)1-4-11(9)18-13-17-10-3-2-8(16)6-12(10)19-13/h1-6H,16H2. The third kappa shape index (κ3) is 2.68. The molecule has 0 radical (unpaired) electrons. The van der Waals surface area contributed by atoms with Crippen LogP contribution in [0, 0.1) is 0 Å². The maximum absolute atomic E-state index is 5.89. The molecule has 3 nitrogen and oxygen atoms in total. The molecule has 6 heteroatoms. The van der Waals surface area contributed by atoms with Gasteiger partial charge in [0.05, 0.1) is 14.7 Å². The van der Waals surface area contributed by atoms with Gasteiger partial charge in [-0.25, -0.2) is 4.98 Å². The first-order valence-corrected chi connectivity index (χ1v) is 7.39. The number of thiazole rings is 1. The van der Waals surface area contributed by atoms with E-state index in [1.807, 2.05) is 18.2 Å². The number of nitrogens with zero attached hydrogens (tertiary/aromatic N) is 1. The maximum Gasteiger partial charge on any atom is 0.279 e. The molecule has 0 unspecified atom stereocenters. The van der Waals surface area contributed by atoms with E-state index in [0.717, 1.165) is 20.4 Å². The quantitative estimate of drug-likeness (QED) is 0.652. The summed E-state index contributed by atoms with van der Waals surface area (Å²) in [5.41, 5.74) is 7.33. The van der Waals surface area contributed by atoms with Gasteiger partial charge in [0.15, 0.2) is 0 Å². The molecule has 3 rings (SSSR count). The lowest BCUT2D eigenvalue weighted by molar-refractivity contribution is 0.477. The van der Waals surface area contributed by atoms with Gasteiger partial charge in [-0.1, -0.05) is 22.9 Å². The normalized spacial score (nSPS) is 10.8. The van der Waals surface area contributed by atoms with Crippen LogP contribution in [0.5, 0.6) is 10.9 Å². The number of halogens is 2. The summed E-state index contributed by atoms with van der Waals surface area (Å²) in [6.45, 7) is 0. The number of hydrogen-bond acceptors (Lipinski definition) is 4. The van der Waals surface area contributed by atoms with E-state index in [2.05, 4.69) is 20.9 Å². The molecule has 0 atom stereocenters. The van der Waals surface area contributed by atoms with Gasteiger partial charge in [0.1, 0.15) is 5.75 Å². The largest absolute Gasteiger partial charge is 0.430 e. The second kappa shape index (κ2) is 5.00. The molecule has 0 spiro atoms.